The van der Waals surface area contributed by atoms with Gasteiger partial charge < -0.3 is 20.1 Å². The number of alkyl carbamates (subject to hydrolysis) is 1. The summed E-state index contributed by atoms with van der Waals surface area (Å²) >= 11 is 0. The molecule has 1 saturated carbocycles. The number of rotatable bonds is 6. The molecule has 0 unspecified atom stereocenters. The van der Waals surface area contributed by atoms with Crippen LogP contribution in [0.5, 0.6) is 5.75 Å². The highest BCUT2D eigenvalue weighted by atomic mass is 16.6. The van der Waals surface area contributed by atoms with Gasteiger partial charge in [-0.25, -0.2) is 4.79 Å². The molecular formula is C20H30N2O4. The van der Waals surface area contributed by atoms with Crippen molar-refractivity contribution in [1.82, 2.24) is 10.6 Å². The predicted molar refractivity (Wildman–Crippen MR) is 100 cm³/mol. The first kappa shape index (κ1) is 20.1. The molecule has 0 heterocycles. The quantitative estimate of drug-likeness (QED) is 0.815. The number of carbonyl (C=O) groups is 2. The lowest BCUT2D eigenvalue weighted by Crippen LogP contribution is -2.48. The topological polar surface area (TPSA) is 76.7 Å². The molecule has 144 valence electrons. The highest BCUT2D eigenvalue weighted by Gasteiger charge is 2.24. The molecule has 1 aromatic carbocycles. The van der Waals surface area contributed by atoms with Crippen molar-refractivity contribution >= 4 is 12.0 Å². The van der Waals surface area contributed by atoms with Crippen molar-refractivity contribution in [2.45, 2.75) is 70.6 Å². The standard InChI is InChI=1S/C20H30N2O4/c1-20(2,3)26-19(24)22-17(18(23)21-4)13-14-9-11-16(12-10-14)25-15-7-5-6-8-15/h9-12,15,17H,5-8,13H2,1-4H3,(H,21,23)(H,22,24)/t17-/m0/s1. The molecule has 0 bridgehead atoms. The number of likely N-dealkylation sites (N-methyl/N-ethyl adjacent to an activating group) is 1. The van der Waals surface area contributed by atoms with Gasteiger partial charge in [-0.05, 0) is 64.2 Å². The molecule has 1 aromatic rings. The van der Waals surface area contributed by atoms with Crippen LogP contribution < -0.4 is 15.4 Å². The Kier molecular flexibility index (Phi) is 6.89. The van der Waals surface area contributed by atoms with E-state index in [0.717, 1.165) is 24.2 Å². The van der Waals surface area contributed by atoms with Crippen LogP contribution in [0.2, 0.25) is 0 Å². The lowest BCUT2D eigenvalue weighted by molar-refractivity contribution is -0.122. The maximum Gasteiger partial charge on any atom is 0.408 e. The lowest BCUT2D eigenvalue weighted by Gasteiger charge is -2.23. The monoisotopic (exact) mass is 362 g/mol. The third-order valence-corrected chi connectivity index (χ3v) is 4.22. The van der Waals surface area contributed by atoms with E-state index in [1.54, 1.807) is 27.8 Å². The molecule has 1 fully saturated rings. The third-order valence-electron chi connectivity index (χ3n) is 4.22. The van der Waals surface area contributed by atoms with Gasteiger partial charge in [0.2, 0.25) is 5.91 Å². The second-order valence-electron chi connectivity index (χ2n) is 7.69. The van der Waals surface area contributed by atoms with Crippen LogP contribution in [0, 0.1) is 0 Å². The largest absolute Gasteiger partial charge is 0.490 e. The minimum absolute atomic E-state index is 0.262. The van der Waals surface area contributed by atoms with E-state index in [2.05, 4.69) is 10.6 Å². The Morgan fingerprint density at radius 3 is 2.31 bits per heavy atom. The molecule has 6 heteroatoms. The van der Waals surface area contributed by atoms with E-state index in [0.29, 0.717) is 12.5 Å². The van der Waals surface area contributed by atoms with Crippen LogP contribution >= 0.6 is 0 Å². The third kappa shape index (κ3) is 6.58. The van der Waals surface area contributed by atoms with E-state index in [1.165, 1.54) is 12.8 Å². The highest BCUT2D eigenvalue weighted by Crippen LogP contribution is 2.24. The molecule has 6 nitrogen and oxygen atoms in total. The molecule has 0 aromatic heterocycles. The van der Waals surface area contributed by atoms with E-state index >= 15 is 0 Å². The fourth-order valence-corrected chi connectivity index (χ4v) is 2.97. The van der Waals surface area contributed by atoms with Crippen LogP contribution in [0.3, 0.4) is 0 Å². The van der Waals surface area contributed by atoms with Crippen LogP contribution in [-0.2, 0) is 16.0 Å². The summed E-state index contributed by atoms with van der Waals surface area (Å²) in [6.07, 6.45) is 4.77. The van der Waals surface area contributed by atoms with E-state index in [9.17, 15) is 9.59 Å². The molecule has 26 heavy (non-hydrogen) atoms. The normalized spacial score (nSPS) is 16.0. The second-order valence-corrected chi connectivity index (χ2v) is 7.69. The van der Waals surface area contributed by atoms with Gasteiger partial charge >= 0.3 is 6.09 Å². The van der Waals surface area contributed by atoms with Gasteiger partial charge in [0, 0.05) is 13.5 Å². The van der Waals surface area contributed by atoms with Gasteiger partial charge in [-0.1, -0.05) is 12.1 Å². The fourth-order valence-electron chi connectivity index (χ4n) is 2.97. The van der Waals surface area contributed by atoms with E-state index < -0.39 is 17.7 Å². The minimum Gasteiger partial charge on any atom is -0.490 e. The van der Waals surface area contributed by atoms with Crippen molar-refractivity contribution in [2.75, 3.05) is 7.05 Å². The lowest BCUT2D eigenvalue weighted by atomic mass is 10.1. The van der Waals surface area contributed by atoms with Crippen molar-refractivity contribution in [3.63, 3.8) is 0 Å². The number of ether oxygens (including phenoxy) is 2. The van der Waals surface area contributed by atoms with Gasteiger partial charge in [0.1, 0.15) is 17.4 Å². The molecule has 2 rings (SSSR count). The fraction of sp³-hybridized carbons (Fsp3) is 0.600. The zero-order valence-electron chi connectivity index (χ0n) is 16.1. The van der Waals surface area contributed by atoms with Gasteiger partial charge in [0.15, 0.2) is 0 Å². The molecule has 0 radical (unpaired) electrons. The molecule has 1 aliphatic rings. The van der Waals surface area contributed by atoms with Gasteiger partial charge in [0.05, 0.1) is 6.10 Å². The van der Waals surface area contributed by atoms with E-state index in [4.69, 9.17) is 9.47 Å². The van der Waals surface area contributed by atoms with Crippen LogP contribution in [0.1, 0.15) is 52.0 Å². The van der Waals surface area contributed by atoms with Gasteiger partial charge in [-0.3, -0.25) is 4.79 Å². The summed E-state index contributed by atoms with van der Waals surface area (Å²) in [5.74, 6) is 0.583. The Morgan fingerprint density at radius 1 is 1.15 bits per heavy atom. The van der Waals surface area contributed by atoms with Crippen LogP contribution in [0.4, 0.5) is 4.79 Å². The molecule has 1 aliphatic carbocycles. The first-order chi connectivity index (χ1) is 12.3. The highest BCUT2D eigenvalue weighted by molar-refractivity contribution is 5.85. The Hall–Kier alpha value is -2.24. The zero-order chi connectivity index (χ0) is 19.2. The smallest absolute Gasteiger partial charge is 0.408 e. The molecular weight excluding hydrogens is 332 g/mol. The number of benzene rings is 1. The maximum absolute atomic E-state index is 12.1. The molecule has 0 spiro atoms. The van der Waals surface area contributed by atoms with Gasteiger partial charge in [-0.15, -0.1) is 0 Å². The zero-order valence-corrected chi connectivity index (χ0v) is 16.1. The maximum atomic E-state index is 12.1. The van der Waals surface area contributed by atoms with Crippen LogP contribution in [-0.4, -0.2) is 36.8 Å². The van der Waals surface area contributed by atoms with E-state index in [-0.39, 0.29) is 5.91 Å². The number of amides is 2. The van der Waals surface area contributed by atoms with Crippen LogP contribution in [0.15, 0.2) is 24.3 Å². The molecule has 0 saturated heterocycles. The average Bonchev–Trinajstić information content (AvgIpc) is 3.06. The molecule has 1 atom stereocenters. The molecule has 2 N–H and O–H groups in total. The second kappa shape index (κ2) is 8.92. The Labute approximate surface area is 155 Å². The number of carbonyl (C=O) groups excluding carboxylic acids is 2. The van der Waals surface area contributed by atoms with Crippen molar-refractivity contribution in [3.05, 3.63) is 29.8 Å². The molecule has 2 amide bonds. The summed E-state index contributed by atoms with van der Waals surface area (Å²) in [5.41, 5.74) is 0.324. The summed E-state index contributed by atoms with van der Waals surface area (Å²) in [6.45, 7) is 5.35. The molecule has 0 aliphatic heterocycles. The average molecular weight is 362 g/mol. The number of nitrogens with one attached hydrogen (secondary N) is 2. The first-order valence-electron chi connectivity index (χ1n) is 9.23. The van der Waals surface area contributed by atoms with Gasteiger partial charge in [0.25, 0.3) is 0 Å². The SMILES string of the molecule is CNC(=O)[C@H](Cc1ccc(OC2CCCC2)cc1)NC(=O)OC(C)(C)C. The summed E-state index contributed by atoms with van der Waals surface area (Å²) in [4.78, 5) is 24.1. The van der Waals surface area contributed by atoms with Crippen molar-refractivity contribution in [1.29, 1.82) is 0 Å². The van der Waals surface area contributed by atoms with Crippen molar-refractivity contribution in [2.24, 2.45) is 0 Å². The first-order valence-corrected chi connectivity index (χ1v) is 9.23. The van der Waals surface area contributed by atoms with Crippen molar-refractivity contribution < 1.29 is 19.1 Å². The Balaban J connectivity index is 1.96. The van der Waals surface area contributed by atoms with Gasteiger partial charge in [-0.2, -0.15) is 0 Å². The predicted octanol–water partition coefficient (Wildman–Crippen LogP) is 3.19. The van der Waals surface area contributed by atoms with Crippen LogP contribution in [0.25, 0.3) is 0 Å². The summed E-state index contributed by atoms with van der Waals surface area (Å²) in [6, 6.07) is 6.99. The van der Waals surface area contributed by atoms with E-state index in [1.807, 2.05) is 24.3 Å². The minimum atomic E-state index is -0.698. The number of hydrogen-bond acceptors (Lipinski definition) is 4. The summed E-state index contributed by atoms with van der Waals surface area (Å²) in [5, 5.41) is 5.22. The Morgan fingerprint density at radius 2 is 1.77 bits per heavy atom. The van der Waals surface area contributed by atoms with Crippen molar-refractivity contribution in [3.8, 4) is 5.75 Å². The number of hydrogen-bond donors (Lipinski definition) is 2. The summed E-state index contributed by atoms with van der Waals surface area (Å²) in [7, 11) is 1.55. The summed E-state index contributed by atoms with van der Waals surface area (Å²) < 4.78 is 11.2. The Bertz CT molecular complexity index is 601.